The molecule has 0 aliphatic carbocycles. The standard InChI is InChI=1S/C29H26F3N5O4/c1-16(38)35-20-6-4-5-19(14-20)21-7-2-3-8-22(21)26(29(30,31)32)41-25-15-24(36-28(34)37-25)18-11-9-17(10-12-18)13-23(33)27(39)40/h2-12,14-15,23,26H,13,33H2,1H3,(H,35,38)(H,39,40)(H2,34,36,37)/t23-,26?/m0/s1. The summed E-state index contributed by atoms with van der Waals surface area (Å²) in [5.41, 5.74) is 13.7. The average molecular weight is 566 g/mol. The van der Waals surface area contributed by atoms with Gasteiger partial charge in [0.2, 0.25) is 23.8 Å². The first-order chi connectivity index (χ1) is 19.4. The molecule has 2 atom stereocenters. The van der Waals surface area contributed by atoms with E-state index in [1.54, 1.807) is 54.6 Å². The van der Waals surface area contributed by atoms with E-state index in [0.717, 1.165) is 0 Å². The third kappa shape index (κ3) is 7.37. The van der Waals surface area contributed by atoms with Gasteiger partial charge in [-0.3, -0.25) is 9.59 Å². The summed E-state index contributed by atoms with van der Waals surface area (Å²) in [6.45, 7) is 1.33. The lowest BCUT2D eigenvalue weighted by molar-refractivity contribution is -0.198. The Bertz CT molecular complexity index is 1560. The normalized spacial score (nSPS) is 12.8. The van der Waals surface area contributed by atoms with Crippen molar-refractivity contribution in [3.8, 4) is 28.3 Å². The first-order valence-electron chi connectivity index (χ1n) is 12.3. The van der Waals surface area contributed by atoms with Crippen molar-refractivity contribution in [1.29, 1.82) is 0 Å². The summed E-state index contributed by atoms with van der Waals surface area (Å²) in [5, 5.41) is 11.6. The van der Waals surface area contributed by atoms with E-state index in [4.69, 9.17) is 21.3 Å². The fourth-order valence-corrected chi connectivity index (χ4v) is 4.19. The highest BCUT2D eigenvalue weighted by Gasteiger charge is 2.44. The number of ether oxygens (including phenoxy) is 1. The highest BCUT2D eigenvalue weighted by molar-refractivity contribution is 5.89. The first kappa shape index (κ1) is 29.0. The third-order valence-electron chi connectivity index (χ3n) is 6.02. The van der Waals surface area contributed by atoms with Gasteiger partial charge >= 0.3 is 12.1 Å². The Balaban J connectivity index is 1.68. The minimum absolute atomic E-state index is 0.0935. The van der Waals surface area contributed by atoms with E-state index in [1.165, 1.54) is 31.2 Å². The quantitative estimate of drug-likeness (QED) is 0.221. The number of rotatable bonds is 9. The largest absolute Gasteiger partial charge is 0.480 e. The molecule has 0 radical (unpaired) electrons. The first-order valence-corrected chi connectivity index (χ1v) is 12.3. The minimum Gasteiger partial charge on any atom is -0.480 e. The fraction of sp³-hybridized carbons (Fsp3) is 0.172. The Morgan fingerprint density at radius 2 is 1.68 bits per heavy atom. The van der Waals surface area contributed by atoms with Crippen molar-refractivity contribution in [2.45, 2.75) is 31.7 Å². The predicted octanol–water partition coefficient (Wildman–Crippen LogP) is 4.99. The predicted molar refractivity (Wildman–Crippen MR) is 147 cm³/mol. The van der Waals surface area contributed by atoms with Crippen LogP contribution in [0.3, 0.4) is 0 Å². The molecular formula is C29H26F3N5O4. The maximum Gasteiger partial charge on any atom is 0.429 e. The number of nitrogen functional groups attached to an aromatic ring is 1. The van der Waals surface area contributed by atoms with Gasteiger partial charge in [-0.1, -0.05) is 60.7 Å². The third-order valence-corrected chi connectivity index (χ3v) is 6.02. The van der Waals surface area contributed by atoms with Crippen LogP contribution in [0.2, 0.25) is 0 Å². The van der Waals surface area contributed by atoms with Gasteiger partial charge in [-0.2, -0.15) is 18.2 Å². The number of carbonyl (C=O) groups is 2. The van der Waals surface area contributed by atoms with Crippen molar-refractivity contribution < 1.29 is 32.6 Å². The Kier molecular flexibility index (Phi) is 8.53. The number of benzene rings is 3. The maximum atomic E-state index is 14.5. The molecule has 0 aliphatic rings. The Morgan fingerprint density at radius 3 is 2.34 bits per heavy atom. The van der Waals surface area contributed by atoms with E-state index in [-0.39, 0.29) is 35.1 Å². The number of carbonyl (C=O) groups excluding carboxylic acids is 1. The summed E-state index contributed by atoms with van der Waals surface area (Å²) in [6.07, 6.45) is -7.16. The van der Waals surface area contributed by atoms with Crippen LogP contribution in [0, 0.1) is 0 Å². The number of aromatic nitrogens is 2. The van der Waals surface area contributed by atoms with Gasteiger partial charge < -0.3 is 26.6 Å². The molecule has 41 heavy (non-hydrogen) atoms. The molecule has 0 aliphatic heterocycles. The second-order valence-corrected chi connectivity index (χ2v) is 9.18. The van der Waals surface area contributed by atoms with E-state index < -0.39 is 30.2 Å². The van der Waals surface area contributed by atoms with Crippen molar-refractivity contribution in [1.82, 2.24) is 9.97 Å². The Hall–Kier alpha value is -4.97. The van der Waals surface area contributed by atoms with E-state index in [0.29, 0.717) is 22.4 Å². The molecule has 0 bridgehead atoms. The lowest BCUT2D eigenvalue weighted by atomic mass is 9.95. The molecule has 0 fully saturated rings. The second-order valence-electron chi connectivity index (χ2n) is 9.18. The number of nitrogens with one attached hydrogen (secondary N) is 1. The van der Waals surface area contributed by atoms with E-state index in [9.17, 15) is 22.8 Å². The lowest BCUT2D eigenvalue weighted by Gasteiger charge is -2.24. The summed E-state index contributed by atoms with van der Waals surface area (Å²) >= 11 is 0. The Labute approximate surface area is 233 Å². The summed E-state index contributed by atoms with van der Waals surface area (Å²) in [6, 6.07) is 19.0. The zero-order valence-electron chi connectivity index (χ0n) is 21.7. The van der Waals surface area contributed by atoms with Gasteiger partial charge in [-0.25, -0.2) is 4.98 Å². The number of carboxylic acids is 1. The molecule has 0 spiro atoms. The molecule has 1 unspecified atom stereocenters. The monoisotopic (exact) mass is 565 g/mol. The fourth-order valence-electron chi connectivity index (χ4n) is 4.19. The number of hydrogen-bond donors (Lipinski definition) is 4. The van der Waals surface area contributed by atoms with Gasteiger partial charge in [0.25, 0.3) is 0 Å². The molecule has 1 amide bonds. The highest BCUT2D eigenvalue weighted by Crippen LogP contribution is 2.41. The van der Waals surface area contributed by atoms with Crippen molar-refractivity contribution in [2.75, 3.05) is 11.1 Å². The number of amides is 1. The molecule has 6 N–H and O–H groups in total. The van der Waals surface area contributed by atoms with Gasteiger partial charge in [-0.05, 0) is 35.2 Å². The SMILES string of the molecule is CC(=O)Nc1cccc(-c2ccccc2C(Oc2cc(-c3ccc(C[C@H](N)C(=O)O)cc3)nc(N)n2)C(F)(F)F)c1. The van der Waals surface area contributed by atoms with Crippen molar-refractivity contribution in [2.24, 2.45) is 5.73 Å². The molecule has 1 heterocycles. The Morgan fingerprint density at radius 1 is 0.976 bits per heavy atom. The second kappa shape index (κ2) is 12.0. The smallest absolute Gasteiger partial charge is 0.429 e. The number of hydrogen-bond acceptors (Lipinski definition) is 7. The number of alkyl halides is 3. The molecule has 0 saturated heterocycles. The van der Waals surface area contributed by atoms with Crippen LogP contribution in [0.15, 0.2) is 78.9 Å². The van der Waals surface area contributed by atoms with Gasteiger partial charge in [0.15, 0.2) is 0 Å². The van der Waals surface area contributed by atoms with E-state index >= 15 is 0 Å². The lowest BCUT2D eigenvalue weighted by Crippen LogP contribution is -2.32. The van der Waals surface area contributed by atoms with Gasteiger partial charge in [0.1, 0.15) is 6.04 Å². The van der Waals surface area contributed by atoms with Crippen LogP contribution in [-0.4, -0.2) is 39.2 Å². The van der Waals surface area contributed by atoms with Crippen LogP contribution in [0.4, 0.5) is 24.8 Å². The summed E-state index contributed by atoms with van der Waals surface area (Å²) in [7, 11) is 0. The van der Waals surface area contributed by atoms with Crippen LogP contribution in [0.1, 0.15) is 24.2 Å². The summed E-state index contributed by atoms with van der Waals surface area (Å²) < 4.78 is 48.8. The van der Waals surface area contributed by atoms with Crippen molar-refractivity contribution in [3.05, 3.63) is 90.0 Å². The molecule has 12 heteroatoms. The van der Waals surface area contributed by atoms with Gasteiger partial charge in [0, 0.05) is 29.8 Å². The van der Waals surface area contributed by atoms with Crippen molar-refractivity contribution >= 4 is 23.5 Å². The number of nitrogens with two attached hydrogens (primary N) is 2. The zero-order chi connectivity index (χ0) is 29.7. The molecule has 3 aromatic carbocycles. The minimum atomic E-state index is -4.84. The van der Waals surface area contributed by atoms with Crippen LogP contribution >= 0.6 is 0 Å². The molecule has 212 valence electrons. The zero-order valence-corrected chi connectivity index (χ0v) is 21.7. The van der Waals surface area contributed by atoms with Crippen molar-refractivity contribution in [3.63, 3.8) is 0 Å². The number of carboxylic acid groups (broad SMARTS) is 1. The molecule has 1 aromatic heterocycles. The van der Waals surface area contributed by atoms with Crippen LogP contribution in [-0.2, 0) is 16.0 Å². The highest BCUT2D eigenvalue weighted by atomic mass is 19.4. The number of aliphatic carboxylic acids is 1. The molecular weight excluding hydrogens is 539 g/mol. The summed E-state index contributed by atoms with van der Waals surface area (Å²) in [4.78, 5) is 30.5. The van der Waals surface area contributed by atoms with Gasteiger partial charge in [0.05, 0.1) is 5.69 Å². The van der Waals surface area contributed by atoms with E-state index in [2.05, 4.69) is 15.3 Å². The number of anilines is 2. The molecule has 4 aromatic rings. The van der Waals surface area contributed by atoms with Crippen LogP contribution < -0.4 is 21.5 Å². The molecule has 9 nitrogen and oxygen atoms in total. The molecule has 0 saturated carbocycles. The number of halogens is 3. The van der Waals surface area contributed by atoms with Crippen LogP contribution in [0.5, 0.6) is 5.88 Å². The molecule has 4 rings (SSSR count). The van der Waals surface area contributed by atoms with Crippen LogP contribution in [0.25, 0.3) is 22.4 Å². The maximum absolute atomic E-state index is 14.5. The number of nitrogens with zero attached hydrogens (tertiary/aromatic N) is 2. The summed E-state index contributed by atoms with van der Waals surface area (Å²) in [5.74, 6) is -2.15. The van der Waals surface area contributed by atoms with Gasteiger partial charge in [-0.15, -0.1) is 0 Å². The van der Waals surface area contributed by atoms with E-state index in [1.807, 2.05) is 0 Å². The average Bonchev–Trinajstić information content (AvgIpc) is 2.91. The topological polar surface area (TPSA) is 153 Å².